The van der Waals surface area contributed by atoms with Crippen molar-refractivity contribution in [3.05, 3.63) is 0 Å². The molecule has 0 aromatic carbocycles. The Morgan fingerprint density at radius 2 is 2.19 bits per heavy atom. The highest BCUT2D eigenvalue weighted by molar-refractivity contribution is 8.00. The van der Waals surface area contributed by atoms with Gasteiger partial charge >= 0.3 is 12.0 Å². The fraction of sp³-hybridized carbons (Fsp3) is 0.857. The van der Waals surface area contributed by atoms with Crippen LogP contribution in [0.2, 0.25) is 0 Å². The van der Waals surface area contributed by atoms with Crippen molar-refractivity contribution in [3.63, 3.8) is 0 Å². The van der Waals surface area contributed by atoms with Crippen LogP contribution in [0.1, 0.15) is 33.6 Å². The number of ether oxygens (including phenoxy) is 1. The summed E-state index contributed by atoms with van der Waals surface area (Å²) in [6.07, 6.45) is 1.76. The average molecular weight is 316 g/mol. The summed E-state index contributed by atoms with van der Waals surface area (Å²) in [5, 5.41) is 12.2. The lowest BCUT2D eigenvalue weighted by Gasteiger charge is -2.38. The van der Waals surface area contributed by atoms with Crippen LogP contribution in [0.25, 0.3) is 0 Å². The van der Waals surface area contributed by atoms with Crippen LogP contribution in [-0.2, 0) is 9.53 Å². The Kier molecular flexibility index (Phi) is 5.03. The van der Waals surface area contributed by atoms with Gasteiger partial charge in [-0.15, -0.1) is 11.8 Å². The molecule has 2 aliphatic rings. The summed E-state index contributed by atoms with van der Waals surface area (Å²) in [6.45, 7) is 7.16. The van der Waals surface area contributed by atoms with Crippen molar-refractivity contribution in [2.75, 3.05) is 19.0 Å². The fourth-order valence-corrected chi connectivity index (χ4v) is 4.31. The first-order valence-corrected chi connectivity index (χ1v) is 8.41. The second-order valence-corrected chi connectivity index (χ2v) is 7.53. The van der Waals surface area contributed by atoms with E-state index >= 15 is 0 Å². The molecule has 0 aromatic heterocycles. The highest BCUT2D eigenvalue weighted by atomic mass is 32.2. The summed E-state index contributed by atoms with van der Waals surface area (Å²) in [7, 11) is 0. The number of hydrogen-bond donors (Lipinski definition) is 2. The predicted molar refractivity (Wildman–Crippen MR) is 81.3 cm³/mol. The number of carboxylic acid groups (broad SMARTS) is 1. The summed E-state index contributed by atoms with van der Waals surface area (Å²) in [4.78, 5) is 25.5. The lowest BCUT2D eigenvalue weighted by atomic mass is 9.95. The van der Waals surface area contributed by atoms with Gasteiger partial charge in [0.15, 0.2) is 0 Å². The molecule has 0 aromatic rings. The van der Waals surface area contributed by atoms with E-state index in [1.54, 1.807) is 0 Å². The molecule has 0 bridgehead atoms. The molecule has 2 amide bonds. The molecule has 120 valence electrons. The van der Waals surface area contributed by atoms with Crippen LogP contribution >= 0.6 is 11.8 Å². The molecule has 2 aliphatic heterocycles. The normalized spacial score (nSPS) is 33.2. The SMILES string of the molecule is CC(C)C1SCC(C(=O)O)N1C(=O)NC1(C)CCCOC1. The molecule has 6 nitrogen and oxygen atoms in total. The van der Waals surface area contributed by atoms with Gasteiger partial charge in [-0.25, -0.2) is 9.59 Å². The van der Waals surface area contributed by atoms with Crippen LogP contribution in [0.15, 0.2) is 0 Å². The van der Waals surface area contributed by atoms with Gasteiger partial charge in [-0.3, -0.25) is 4.90 Å². The van der Waals surface area contributed by atoms with E-state index in [-0.39, 0.29) is 17.3 Å². The van der Waals surface area contributed by atoms with E-state index in [1.165, 1.54) is 16.7 Å². The average Bonchev–Trinajstić information content (AvgIpc) is 2.84. The molecular formula is C14H24N2O4S. The molecule has 2 saturated heterocycles. The number of nitrogens with zero attached hydrogens (tertiary/aromatic N) is 1. The van der Waals surface area contributed by atoms with Crippen LogP contribution in [-0.4, -0.2) is 57.9 Å². The number of carbonyl (C=O) groups is 2. The number of carbonyl (C=O) groups excluding carboxylic acids is 1. The number of rotatable bonds is 3. The van der Waals surface area contributed by atoms with E-state index in [9.17, 15) is 14.7 Å². The molecule has 2 N–H and O–H groups in total. The summed E-state index contributed by atoms with van der Waals surface area (Å²) in [6, 6.07) is -1.05. The largest absolute Gasteiger partial charge is 0.480 e. The molecule has 0 aliphatic carbocycles. The van der Waals surface area contributed by atoms with Crippen LogP contribution in [0.4, 0.5) is 4.79 Å². The molecule has 3 atom stereocenters. The highest BCUT2D eigenvalue weighted by Gasteiger charge is 2.44. The van der Waals surface area contributed by atoms with Gasteiger partial charge in [0.2, 0.25) is 0 Å². The number of hydrogen-bond acceptors (Lipinski definition) is 4. The summed E-state index contributed by atoms with van der Waals surface area (Å²) in [5.41, 5.74) is -0.410. The van der Waals surface area contributed by atoms with Gasteiger partial charge in [-0.05, 0) is 25.7 Å². The maximum Gasteiger partial charge on any atom is 0.327 e. The van der Waals surface area contributed by atoms with E-state index < -0.39 is 17.6 Å². The predicted octanol–water partition coefficient (Wildman–Crippen LogP) is 1.75. The molecule has 2 fully saturated rings. The number of carboxylic acids is 1. The van der Waals surface area contributed by atoms with E-state index in [0.717, 1.165) is 19.4 Å². The van der Waals surface area contributed by atoms with Crippen LogP contribution in [0.5, 0.6) is 0 Å². The van der Waals surface area contributed by atoms with Gasteiger partial charge in [0.25, 0.3) is 0 Å². The Morgan fingerprint density at radius 1 is 1.48 bits per heavy atom. The minimum Gasteiger partial charge on any atom is -0.480 e. The quantitative estimate of drug-likeness (QED) is 0.829. The topological polar surface area (TPSA) is 78.9 Å². The zero-order chi connectivity index (χ0) is 15.6. The maximum absolute atomic E-state index is 12.6. The molecular weight excluding hydrogens is 292 g/mol. The number of amides is 2. The monoisotopic (exact) mass is 316 g/mol. The van der Waals surface area contributed by atoms with Crippen molar-refractivity contribution in [3.8, 4) is 0 Å². The van der Waals surface area contributed by atoms with Gasteiger partial charge in [0, 0.05) is 12.4 Å². The van der Waals surface area contributed by atoms with Crippen molar-refractivity contribution in [2.24, 2.45) is 5.92 Å². The van der Waals surface area contributed by atoms with Gasteiger partial charge in [0.1, 0.15) is 6.04 Å². The van der Waals surface area contributed by atoms with Crippen molar-refractivity contribution in [1.82, 2.24) is 10.2 Å². The first kappa shape index (κ1) is 16.4. The summed E-state index contributed by atoms with van der Waals surface area (Å²) in [5.74, 6) is -0.287. The first-order chi connectivity index (χ1) is 9.84. The van der Waals surface area contributed by atoms with Gasteiger partial charge in [0.05, 0.1) is 17.5 Å². The zero-order valence-corrected chi connectivity index (χ0v) is 13.6. The van der Waals surface area contributed by atoms with Crippen LogP contribution in [0.3, 0.4) is 0 Å². The van der Waals surface area contributed by atoms with Crippen LogP contribution < -0.4 is 5.32 Å². The number of aliphatic carboxylic acids is 1. The molecule has 7 heteroatoms. The molecule has 2 heterocycles. The van der Waals surface area contributed by atoms with E-state index in [2.05, 4.69) is 5.32 Å². The van der Waals surface area contributed by atoms with Crippen molar-refractivity contribution < 1.29 is 19.4 Å². The molecule has 2 rings (SSSR count). The van der Waals surface area contributed by atoms with Crippen molar-refractivity contribution in [1.29, 1.82) is 0 Å². The molecule has 0 spiro atoms. The standard InChI is InChI=1S/C14H24N2O4S/c1-9(2)11-16(10(7-21-11)12(17)18)13(19)15-14(3)5-4-6-20-8-14/h9-11H,4-8H2,1-3H3,(H,15,19)(H,17,18). The van der Waals surface area contributed by atoms with E-state index in [1.807, 2.05) is 20.8 Å². The second kappa shape index (κ2) is 6.44. The minimum atomic E-state index is -0.939. The third kappa shape index (κ3) is 3.63. The van der Waals surface area contributed by atoms with Gasteiger partial charge in [-0.2, -0.15) is 0 Å². The number of nitrogens with one attached hydrogen (secondary N) is 1. The van der Waals surface area contributed by atoms with Crippen molar-refractivity contribution >= 4 is 23.8 Å². The molecule has 21 heavy (non-hydrogen) atoms. The summed E-state index contributed by atoms with van der Waals surface area (Å²) < 4.78 is 5.44. The number of urea groups is 1. The van der Waals surface area contributed by atoms with E-state index in [4.69, 9.17) is 4.74 Å². The molecule has 3 unspecified atom stereocenters. The third-order valence-corrected chi connectivity index (χ3v) is 5.59. The minimum absolute atomic E-state index is 0.0980. The Morgan fingerprint density at radius 3 is 2.71 bits per heavy atom. The number of thioether (sulfide) groups is 1. The van der Waals surface area contributed by atoms with Gasteiger partial charge < -0.3 is 15.2 Å². The van der Waals surface area contributed by atoms with E-state index in [0.29, 0.717) is 12.4 Å². The smallest absolute Gasteiger partial charge is 0.327 e. The van der Waals surface area contributed by atoms with Crippen LogP contribution in [0, 0.1) is 5.92 Å². The first-order valence-electron chi connectivity index (χ1n) is 7.37. The lowest BCUT2D eigenvalue weighted by molar-refractivity contribution is -0.141. The highest BCUT2D eigenvalue weighted by Crippen LogP contribution is 2.34. The Labute approximate surface area is 129 Å². The third-order valence-electron chi connectivity index (χ3n) is 3.97. The fourth-order valence-electron chi connectivity index (χ4n) is 2.84. The zero-order valence-electron chi connectivity index (χ0n) is 12.8. The lowest BCUT2D eigenvalue weighted by Crippen LogP contribution is -2.59. The Hall–Kier alpha value is -0.950. The molecule has 0 radical (unpaired) electrons. The summed E-state index contributed by atoms with van der Waals surface area (Å²) >= 11 is 1.54. The molecule has 0 saturated carbocycles. The Bertz CT molecular complexity index is 410. The van der Waals surface area contributed by atoms with Crippen molar-refractivity contribution in [2.45, 2.75) is 50.6 Å². The Balaban J connectivity index is 2.11. The second-order valence-electron chi connectivity index (χ2n) is 6.38. The maximum atomic E-state index is 12.6. The van der Waals surface area contributed by atoms with Gasteiger partial charge in [-0.1, -0.05) is 13.8 Å².